The van der Waals surface area contributed by atoms with Crippen molar-refractivity contribution in [2.24, 2.45) is 5.92 Å². The maximum absolute atomic E-state index is 14.7. The van der Waals surface area contributed by atoms with E-state index in [2.05, 4.69) is 0 Å². The average molecular weight is 769 g/mol. The molecule has 10 heteroatoms. The number of carbonyl (C=O) groups excluding carboxylic acids is 4. The molecule has 0 aromatic heterocycles. The number of benzene rings is 6. The molecule has 2 N–H and O–H groups in total. The highest BCUT2D eigenvalue weighted by molar-refractivity contribution is 6.29. The molecule has 4 amide bonds. The van der Waals surface area contributed by atoms with Gasteiger partial charge in [-0.3, -0.25) is 29.0 Å². The maximum Gasteiger partial charge on any atom is 0.264 e. The minimum absolute atomic E-state index is 0.0672. The fourth-order valence-electron chi connectivity index (χ4n) is 9.49. The van der Waals surface area contributed by atoms with E-state index in [-0.39, 0.29) is 43.3 Å². The van der Waals surface area contributed by atoms with Gasteiger partial charge in [0.05, 0.1) is 47.4 Å². The van der Waals surface area contributed by atoms with E-state index in [1.807, 2.05) is 97.1 Å². The summed E-state index contributed by atoms with van der Waals surface area (Å²) in [7, 11) is 0. The molecule has 1 fully saturated rings. The number of aliphatic hydroxyl groups excluding tert-OH is 1. The third-order valence-corrected chi connectivity index (χ3v) is 12.4. The Morgan fingerprint density at radius 1 is 0.776 bits per heavy atom. The Bertz CT molecular complexity index is 2750. The van der Waals surface area contributed by atoms with Crippen LogP contribution in [-0.2, 0) is 21.7 Å². The summed E-state index contributed by atoms with van der Waals surface area (Å²) in [6, 6.07) is 35.7. The standard InChI is InChI=1S/C48H40N4O6/c1-29(8-2-18-42(54)49-25-7-13-35(49)28-53)48(58)38-26-34(52-41-17-6-12-32-10-4-15-37(44(32)41)46(52)56)23-24-39(38)50(47(48)57)27-30-19-21-33(22-20-30)51-40-16-5-11-31-9-3-14-36(43(31)40)45(51)55/h2-6,8-12,14-17,19-24,26,29,35,53,58H,7,13,18,25,27-28H2,1H3/b8-2+/t29-,35-,48+/m0/s1. The van der Waals surface area contributed by atoms with Crippen LogP contribution in [0.2, 0.25) is 0 Å². The van der Waals surface area contributed by atoms with E-state index >= 15 is 0 Å². The van der Waals surface area contributed by atoms with Crippen molar-refractivity contribution in [3.8, 4) is 0 Å². The van der Waals surface area contributed by atoms with Crippen molar-refractivity contribution in [2.75, 3.05) is 27.9 Å². The second kappa shape index (κ2) is 13.5. The molecule has 58 heavy (non-hydrogen) atoms. The lowest BCUT2D eigenvalue weighted by atomic mass is 9.82. The Morgan fingerprint density at radius 3 is 1.98 bits per heavy atom. The van der Waals surface area contributed by atoms with Gasteiger partial charge in [0.2, 0.25) is 5.91 Å². The number of rotatable bonds is 9. The number of nitrogens with zero attached hydrogens (tertiary/aromatic N) is 4. The summed E-state index contributed by atoms with van der Waals surface area (Å²) in [5.41, 5.74) is 3.65. The van der Waals surface area contributed by atoms with E-state index in [1.54, 1.807) is 56.9 Å². The lowest BCUT2D eigenvalue weighted by Crippen LogP contribution is -2.44. The summed E-state index contributed by atoms with van der Waals surface area (Å²) in [5.74, 6) is -1.70. The number of aliphatic hydroxyl groups is 2. The molecule has 288 valence electrons. The zero-order chi connectivity index (χ0) is 39.9. The lowest BCUT2D eigenvalue weighted by molar-refractivity contribution is -0.139. The zero-order valence-electron chi connectivity index (χ0n) is 31.8. The summed E-state index contributed by atoms with van der Waals surface area (Å²) in [6.45, 7) is 2.39. The van der Waals surface area contributed by atoms with Crippen molar-refractivity contribution in [3.63, 3.8) is 0 Å². The Balaban J connectivity index is 0.983. The van der Waals surface area contributed by atoms with Gasteiger partial charge in [0, 0.05) is 46.6 Å². The summed E-state index contributed by atoms with van der Waals surface area (Å²) in [4.78, 5) is 62.0. The summed E-state index contributed by atoms with van der Waals surface area (Å²) < 4.78 is 0. The van der Waals surface area contributed by atoms with E-state index < -0.39 is 17.4 Å². The van der Waals surface area contributed by atoms with Gasteiger partial charge in [-0.2, -0.15) is 0 Å². The molecule has 0 unspecified atom stereocenters. The van der Waals surface area contributed by atoms with Crippen LogP contribution in [0.15, 0.2) is 127 Å². The highest BCUT2D eigenvalue weighted by atomic mass is 16.3. The van der Waals surface area contributed by atoms with Crippen LogP contribution in [0.5, 0.6) is 0 Å². The first-order valence-electron chi connectivity index (χ1n) is 19.8. The first-order valence-corrected chi connectivity index (χ1v) is 19.8. The predicted molar refractivity (Wildman–Crippen MR) is 224 cm³/mol. The molecule has 6 aromatic carbocycles. The fourth-order valence-corrected chi connectivity index (χ4v) is 9.49. The summed E-state index contributed by atoms with van der Waals surface area (Å²) in [5, 5.41) is 26.2. The number of anilines is 5. The van der Waals surface area contributed by atoms with Crippen LogP contribution >= 0.6 is 0 Å². The van der Waals surface area contributed by atoms with Crippen molar-refractivity contribution in [2.45, 2.75) is 44.4 Å². The minimum atomic E-state index is -2.03. The number of amides is 4. The van der Waals surface area contributed by atoms with E-state index in [9.17, 15) is 29.4 Å². The topological polar surface area (TPSA) is 122 Å². The molecule has 4 aliphatic rings. The molecule has 10 nitrogen and oxygen atoms in total. The fraction of sp³-hybridized carbons (Fsp3) is 0.208. The number of hydrogen-bond donors (Lipinski definition) is 2. The van der Waals surface area contributed by atoms with Crippen LogP contribution in [0.4, 0.5) is 28.4 Å². The van der Waals surface area contributed by atoms with Crippen LogP contribution in [-0.4, -0.2) is 57.9 Å². The molecular formula is C48H40N4O6. The van der Waals surface area contributed by atoms with Crippen molar-refractivity contribution in [3.05, 3.63) is 150 Å². The molecule has 1 saturated heterocycles. The molecule has 0 saturated carbocycles. The first-order chi connectivity index (χ1) is 28.2. The Labute approximate surface area is 334 Å². The molecule has 0 bridgehead atoms. The molecule has 4 heterocycles. The van der Waals surface area contributed by atoms with Crippen molar-refractivity contribution in [1.29, 1.82) is 0 Å². The summed E-state index contributed by atoms with van der Waals surface area (Å²) in [6.07, 6.45) is 5.06. The summed E-state index contributed by atoms with van der Waals surface area (Å²) >= 11 is 0. The quantitative estimate of drug-likeness (QED) is 0.145. The van der Waals surface area contributed by atoms with Crippen LogP contribution in [0.1, 0.15) is 58.0 Å². The number of carbonyl (C=O) groups is 4. The smallest absolute Gasteiger partial charge is 0.264 e. The van der Waals surface area contributed by atoms with Crippen molar-refractivity contribution >= 4 is 73.6 Å². The van der Waals surface area contributed by atoms with Gasteiger partial charge < -0.3 is 20.0 Å². The number of fused-ring (bicyclic) bond motifs is 1. The van der Waals surface area contributed by atoms with Crippen LogP contribution in [0, 0.1) is 5.92 Å². The Morgan fingerprint density at radius 2 is 1.36 bits per heavy atom. The Hall–Kier alpha value is -6.62. The third-order valence-electron chi connectivity index (χ3n) is 12.4. The minimum Gasteiger partial charge on any atom is -0.394 e. The second-order valence-corrected chi connectivity index (χ2v) is 15.7. The highest BCUT2D eigenvalue weighted by Crippen LogP contribution is 2.50. The normalized spacial score (nSPS) is 20.1. The molecule has 0 aliphatic carbocycles. The molecule has 3 atom stereocenters. The van der Waals surface area contributed by atoms with Gasteiger partial charge in [-0.1, -0.05) is 79.7 Å². The molecule has 0 spiro atoms. The van der Waals surface area contributed by atoms with Crippen molar-refractivity contribution < 1.29 is 29.4 Å². The Kier molecular flexibility index (Phi) is 8.33. The van der Waals surface area contributed by atoms with Gasteiger partial charge in [0.25, 0.3) is 17.7 Å². The monoisotopic (exact) mass is 768 g/mol. The third kappa shape index (κ3) is 5.25. The van der Waals surface area contributed by atoms with Crippen LogP contribution in [0.3, 0.4) is 0 Å². The van der Waals surface area contributed by atoms with Gasteiger partial charge in [-0.15, -0.1) is 0 Å². The number of hydrogen-bond acceptors (Lipinski definition) is 6. The SMILES string of the molecule is C[C@@H](/C=C/CC(=O)N1CCC[C@H]1CO)[C@]1(O)C(=O)N(Cc2ccc(N3C(=O)c4cccc5cccc3c45)cc2)c2ccc(N3C(=O)c4cccc5cccc3c45)cc21. The van der Waals surface area contributed by atoms with E-state index in [0.717, 1.165) is 51.3 Å². The lowest BCUT2D eigenvalue weighted by Gasteiger charge is -2.28. The van der Waals surface area contributed by atoms with E-state index in [0.29, 0.717) is 40.3 Å². The van der Waals surface area contributed by atoms with E-state index in [1.165, 1.54) is 0 Å². The van der Waals surface area contributed by atoms with Gasteiger partial charge in [-0.05, 0) is 83.8 Å². The van der Waals surface area contributed by atoms with Crippen LogP contribution in [0.25, 0.3) is 21.5 Å². The van der Waals surface area contributed by atoms with Gasteiger partial charge >= 0.3 is 0 Å². The van der Waals surface area contributed by atoms with Crippen LogP contribution < -0.4 is 14.7 Å². The molecule has 6 aromatic rings. The van der Waals surface area contributed by atoms with Gasteiger partial charge in [-0.25, -0.2) is 0 Å². The maximum atomic E-state index is 14.7. The van der Waals surface area contributed by atoms with Crippen molar-refractivity contribution in [1.82, 2.24) is 4.90 Å². The predicted octanol–water partition coefficient (Wildman–Crippen LogP) is 7.88. The van der Waals surface area contributed by atoms with Gasteiger partial charge in [0.15, 0.2) is 5.60 Å². The number of likely N-dealkylation sites (tertiary alicyclic amines) is 1. The first kappa shape index (κ1) is 35.8. The van der Waals surface area contributed by atoms with E-state index in [4.69, 9.17) is 0 Å². The molecule has 0 radical (unpaired) electrons. The molecule has 4 aliphatic heterocycles. The second-order valence-electron chi connectivity index (χ2n) is 15.7. The highest BCUT2D eigenvalue weighted by Gasteiger charge is 2.53. The average Bonchev–Trinajstić information content (AvgIpc) is 3.98. The largest absolute Gasteiger partial charge is 0.394 e. The molecular weight excluding hydrogens is 729 g/mol. The molecule has 10 rings (SSSR count). The zero-order valence-corrected chi connectivity index (χ0v) is 31.8. The van der Waals surface area contributed by atoms with Gasteiger partial charge in [0.1, 0.15) is 0 Å².